The molecule has 4 heteroatoms. The maximum Gasteiger partial charge on any atom is 0.228 e. The van der Waals surface area contributed by atoms with Crippen LogP contribution in [0, 0.1) is 0 Å². The number of rotatable bonds is 5. The molecule has 1 amide bonds. The predicted octanol–water partition coefficient (Wildman–Crippen LogP) is 2.95. The van der Waals surface area contributed by atoms with Gasteiger partial charge in [-0.25, -0.2) is 0 Å². The summed E-state index contributed by atoms with van der Waals surface area (Å²) in [6.07, 6.45) is 0.716. The summed E-state index contributed by atoms with van der Waals surface area (Å²) in [5, 5.41) is 16.2. The van der Waals surface area contributed by atoms with Crippen molar-refractivity contribution in [3.8, 4) is 0 Å². The zero-order valence-corrected chi connectivity index (χ0v) is 13.9. The molecule has 3 aromatic carbocycles. The smallest absolute Gasteiger partial charge is 0.228 e. The first-order valence-corrected chi connectivity index (χ1v) is 8.20. The van der Waals surface area contributed by atoms with Crippen LogP contribution < -0.4 is 10.4 Å². The monoisotopic (exact) mass is 332 g/mol. The lowest BCUT2D eigenvalue weighted by molar-refractivity contribution is -0.255. The summed E-state index contributed by atoms with van der Waals surface area (Å²) in [5.74, 6) is -1.41. The predicted molar refractivity (Wildman–Crippen MR) is 96.4 cm³/mol. The molecule has 0 heterocycles. The Morgan fingerprint density at radius 3 is 2.44 bits per heavy atom. The molecular formula is C21H18NO3-. The number of amides is 1. The molecule has 4 nitrogen and oxygen atoms in total. The Hall–Kier alpha value is -3.14. The molecule has 0 aliphatic carbocycles. The van der Waals surface area contributed by atoms with E-state index in [2.05, 4.69) is 5.32 Å². The second kappa shape index (κ2) is 7.18. The molecule has 0 atom stereocenters. The minimum atomic E-state index is -1.23. The van der Waals surface area contributed by atoms with Crippen molar-refractivity contribution < 1.29 is 14.7 Å². The third kappa shape index (κ3) is 3.53. The van der Waals surface area contributed by atoms with Crippen molar-refractivity contribution in [1.82, 2.24) is 0 Å². The van der Waals surface area contributed by atoms with Crippen molar-refractivity contribution in [2.45, 2.75) is 19.8 Å². The summed E-state index contributed by atoms with van der Waals surface area (Å²) in [4.78, 5) is 23.7. The van der Waals surface area contributed by atoms with E-state index >= 15 is 0 Å². The number of anilines is 1. The highest BCUT2D eigenvalue weighted by atomic mass is 16.4. The van der Waals surface area contributed by atoms with Crippen LogP contribution in [0.5, 0.6) is 0 Å². The molecule has 0 bridgehead atoms. The van der Waals surface area contributed by atoms with Gasteiger partial charge in [0.25, 0.3) is 0 Å². The number of nitrogens with one attached hydrogen (secondary N) is 1. The summed E-state index contributed by atoms with van der Waals surface area (Å²) >= 11 is 0. The van der Waals surface area contributed by atoms with Crippen molar-refractivity contribution in [3.63, 3.8) is 0 Å². The number of carbonyl (C=O) groups excluding carboxylic acids is 2. The Bertz CT molecular complexity index is 942. The molecule has 0 fully saturated rings. The maximum atomic E-state index is 12.5. The molecule has 3 rings (SSSR count). The van der Waals surface area contributed by atoms with Gasteiger partial charge in [-0.15, -0.1) is 0 Å². The van der Waals surface area contributed by atoms with Crippen LogP contribution in [0.2, 0.25) is 0 Å². The summed E-state index contributed by atoms with van der Waals surface area (Å²) in [7, 11) is 0. The molecule has 1 N–H and O–H groups in total. The topological polar surface area (TPSA) is 69.2 Å². The average molecular weight is 332 g/mol. The van der Waals surface area contributed by atoms with E-state index in [0.29, 0.717) is 17.7 Å². The van der Waals surface area contributed by atoms with Gasteiger partial charge in [-0.1, -0.05) is 61.5 Å². The number of benzene rings is 3. The van der Waals surface area contributed by atoms with Crippen LogP contribution >= 0.6 is 0 Å². The molecular weight excluding hydrogens is 314 g/mol. The third-order valence-electron chi connectivity index (χ3n) is 4.25. The first kappa shape index (κ1) is 16.7. The molecule has 0 radical (unpaired) electrons. The van der Waals surface area contributed by atoms with Crippen molar-refractivity contribution in [2.75, 3.05) is 5.32 Å². The number of aromatic carboxylic acids is 1. The van der Waals surface area contributed by atoms with E-state index in [1.54, 1.807) is 12.1 Å². The highest BCUT2D eigenvalue weighted by molar-refractivity contribution is 5.98. The fourth-order valence-electron chi connectivity index (χ4n) is 3.09. The van der Waals surface area contributed by atoms with Crippen molar-refractivity contribution >= 4 is 28.3 Å². The van der Waals surface area contributed by atoms with Gasteiger partial charge in [-0.05, 0) is 34.4 Å². The molecule has 0 aliphatic heterocycles. The van der Waals surface area contributed by atoms with E-state index in [4.69, 9.17) is 0 Å². The molecule has 0 spiro atoms. The minimum Gasteiger partial charge on any atom is -0.545 e. The van der Waals surface area contributed by atoms with Gasteiger partial charge in [-0.3, -0.25) is 4.79 Å². The van der Waals surface area contributed by atoms with Crippen LogP contribution in [-0.2, 0) is 17.6 Å². The normalized spacial score (nSPS) is 10.6. The molecule has 0 unspecified atom stereocenters. The first-order chi connectivity index (χ1) is 12.1. The van der Waals surface area contributed by atoms with E-state index < -0.39 is 5.97 Å². The maximum absolute atomic E-state index is 12.5. The quantitative estimate of drug-likeness (QED) is 0.781. The minimum absolute atomic E-state index is 0.116. The number of hydrogen-bond acceptors (Lipinski definition) is 3. The lowest BCUT2D eigenvalue weighted by Gasteiger charge is -2.15. The molecule has 3 aromatic rings. The molecule has 0 saturated carbocycles. The van der Waals surface area contributed by atoms with Gasteiger partial charge in [-0.2, -0.15) is 0 Å². The van der Waals surface area contributed by atoms with Crippen LogP contribution in [-0.4, -0.2) is 11.9 Å². The van der Waals surface area contributed by atoms with Gasteiger partial charge in [0.05, 0.1) is 12.4 Å². The van der Waals surface area contributed by atoms with E-state index in [9.17, 15) is 14.7 Å². The van der Waals surface area contributed by atoms with Gasteiger partial charge in [0.15, 0.2) is 0 Å². The SMILES string of the molecule is CCc1c(NC(=O)Cc2cccc3ccccc23)cccc1C(=O)[O-]. The third-order valence-corrected chi connectivity index (χ3v) is 4.25. The Labute approximate surface area is 146 Å². The lowest BCUT2D eigenvalue weighted by atomic mass is 10.0. The second-order valence-electron chi connectivity index (χ2n) is 5.84. The highest BCUT2D eigenvalue weighted by Crippen LogP contribution is 2.22. The zero-order valence-electron chi connectivity index (χ0n) is 13.9. The Balaban J connectivity index is 1.86. The van der Waals surface area contributed by atoms with Crippen LogP contribution in [0.1, 0.15) is 28.4 Å². The summed E-state index contributed by atoms with van der Waals surface area (Å²) in [6.45, 7) is 1.85. The molecule has 0 aromatic heterocycles. The average Bonchev–Trinajstić information content (AvgIpc) is 2.61. The van der Waals surface area contributed by atoms with Crippen LogP contribution in [0.3, 0.4) is 0 Å². The number of carbonyl (C=O) groups is 2. The lowest BCUT2D eigenvalue weighted by Crippen LogP contribution is -2.25. The van der Waals surface area contributed by atoms with Crippen LogP contribution in [0.4, 0.5) is 5.69 Å². The van der Waals surface area contributed by atoms with Gasteiger partial charge in [0.1, 0.15) is 0 Å². The first-order valence-electron chi connectivity index (χ1n) is 8.20. The fraction of sp³-hybridized carbons (Fsp3) is 0.143. The van der Waals surface area contributed by atoms with Crippen molar-refractivity contribution in [3.05, 3.63) is 77.4 Å². The standard InChI is InChI=1S/C21H19NO3/c1-2-16-18(21(24)25)11-6-12-19(16)22-20(23)13-15-9-5-8-14-7-3-4-10-17(14)15/h3-12H,2,13H2,1H3,(H,22,23)(H,24,25)/p-1. The number of carboxylic acids is 1. The van der Waals surface area contributed by atoms with E-state index in [1.807, 2.05) is 49.4 Å². The van der Waals surface area contributed by atoms with Crippen molar-refractivity contribution in [1.29, 1.82) is 0 Å². The Morgan fingerprint density at radius 2 is 1.68 bits per heavy atom. The van der Waals surface area contributed by atoms with Gasteiger partial charge >= 0.3 is 0 Å². The molecule has 0 saturated heterocycles. The number of fused-ring (bicyclic) bond motifs is 1. The molecule has 0 aliphatic rings. The van der Waals surface area contributed by atoms with E-state index in [-0.39, 0.29) is 17.9 Å². The summed E-state index contributed by atoms with van der Waals surface area (Å²) in [5.41, 5.74) is 2.15. The fourth-order valence-corrected chi connectivity index (χ4v) is 3.09. The number of carboxylic acid groups (broad SMARTS) is 1. The Kier molecular flexibility index (Phi) is 4.80. The van der Waals surface area contributed by atoms with E-state index in [1.165, 1.54) is 6.07 Å². The van der Waals surface area contributed by atoms with Crippen LogP contribution in [0.15, 0.2) is 60.7 Å². The summed E-state index contributed by atoms with van der Waals surface area (Å²) in [6, 6.07) is 18.6. The van der Waals surface area contributed by atoms with Gasteiger partial charge in [0, 0.05) is 11.3 Å². The van der Waals surface area contributed by atoms with Gasteiger partial charge < -0.3 is 15.2 Å². The second-order valence-corrected chi connectivity index (χ2v) is 5.84. The number of hydrogen-bond donors (Lipinski definition) is 1. The largest absolute Gasteiger partial charge is 0.545 e. The zero-order chi connectivity index (χ0) is 17.8. The van der Waals surface area contributed by atoms with Crippen LogP contribution in [0.25, 0.3) is 10.8 Å². The van der Waals surface area contributed by atoms with Crippen molar-refractivity contribution in [2.24, 2.45) is 0 Å². The highest BCUT2D eigenvalue weighted by Gasteiger charge is 2.12. The summed E-state index contributed by atoms with van der Waals surface area (Å²) < 4.78 is 0. The molecule has 25 heavy (non-hydrogen) atoms. The Morgan fingerprint density at radius 1 is 0.960 bits per heavy atom. The van der Waals surface area contributed by atoms with Gasteiger partial charge in [0.2, 0.25) is 5.91 Å². The molecule has 126 valence electrons. The van der Waals surface area contributed by atoms with E-state index in [0.717, 1.165) is 16.3 Å².